The first kappa shape index (κ1) is 17.9. The van der Waals surface area contributed by atoms with Gasteiger partial charge in [-0.3, -0.25) is 18.7 Å². The summed E-state index contributed by atoms with van der Waals surface area (Å²) in [5.74, 6) is 0. The minimum atomic E-state index is -0.125. The summed E-state index contributed by atoms with van der Waals surface area (Å²) in [7, 11) is 0. The summed E-state index contributed by atoms with van der Waals surface area (Å²) in [6, 6.07) is 14.7. The van der Waals surface area contributed by atoms with E-state index in [2.05, 4.69) is 19.9 Å². The Morgan fingerprint density at radius 2 is 1.03 bits per heavy atom. The molecular weight excluding hydrogens is 380 g/mol. The average Bonchev–Trinajstić information content (AvgIpc) is 2.79. The predicted molar refractivity (Wildman–Crippen MR) is 112 cm³/mol. The highest BCUT2D eigenvalue weighted by molar-refractivity contribution is 5.73. The molecule has 4 heterocycles. The number of aromatic nitrogens is 6. The Bertz CT molecular complexity index is 1370. The summed E-state index contributed by atoms with van der Waals surface area (Å²) in [6.07, 6.45) is 6.26. The van der Waals surface area contributed by atoms with Gasteiger partial charge in [-0.1, -0.05) is 24.3 Å². The molecule has 0 radical (unpaired) electrons. The van der Waals surface area contributed by atoms with E-state index >= 15 is 0 Å². The van der Waals surface area contributed by atoms with Gasteiger partial charge in [0.2, 0.25) is 0 Å². The van der Waals surface area contributed by atoms with Gasteiger partial charge in [-0.2, -0.15) is 0 Å². The molecule has 30 heavy (non-hydrogen) atoms. The van der Waals surface area contributed by atoms with E-state index in [0.717, 1.165) is 11.1 Å². The van der Waals surface area contributed by atoms with Crippen LogP contribution in [0.4, 0.5) is 0 Å². The SMILES string of the molecule is O=c1c2cccnc2ncn1Cc1ccc(Cn2cnc3ncccc3c2=O)cc1. The van der Waals surface area contributed by atoms with E-state index in [-0.39, 0.29) is 11.1 Å². The Labute approximate surface area is 170 Å². The molecular formula is C22H16N6O2. The third-order valence-electron chi connectivity index (χ3n) is 4.92. The van der Waals surface area contributed by atoms with Gasteiger partial charge in [0.15, 0.2) is 11.3 Å². The van der Waals surface area contributed by atoms with E-state index in [1.54, 1.807) is 45.8 Å². The van der Waals surface area contributed by atoms with Crippen LogP contribution in [0.25, 0.3) is 22.1 Å². The van der Waals surface area contributed by atoms with Crippen LogP contribution in [0.1, 0.15) is 11.1 Å². The van der Waals surface area contributed by atoms with Crippen molar-refractivity contribution in [2.24, 2.45) is 0 Å². The zero-order chi connectivity index (χ0) is 20.5. The van der Waals surface area contributed by atoms with Crippen LogP contribution in [-0.2, 0) is 13.1 Å². The molecule has 0 aliphatic rings. The number of pyridine rings is 2. The smallest absolute Gasteiger partial charge is 0.263 e. The second-order valence-corrected chi connectivity index (χ2v) is 6.92. The summed E-state index contributed by atoms with van der Waals surface area (Å²) in [5, 5.41) is 0.989. The monoisotopic (exact) mass is 396 g/mol. The quantitative estimate of drug-likeness (QED) is 0.461. The molecule has 146 valence electrons. The van der Waals surface area contributed by atoms with Gasteiger partial charge in [0.25, 0.3) is 11.1 Å². The van der Waals surface area contributed by atoms with Gasteiger partial charge < -0.3 is 0 Å². The molecule has 0 bridgehead atoms. The molecule has 0 aliphatic carbocycles. The van der Waals surface area contributed by atoms with Gasteiger partial charge in [0, 0.05) is 12.4 Å². The van der Waals surface area contributed by atoms with Crippen molar-refractivity contribution in [3.63, 3.8) is 0 Å². The lowest BCUT2D eigenvalue weighted by Crippen LogP contribution is -2.22. The van der Waals surface area contributed by atoms with Crippen molar-refractivity contribution in [2.75, 3.05) is 0 Å². The first-order valence-electron chi connectivity index (χ1n) is 9.37. The zero-order valence-corrected chi connectivity index (χ0v) is 15.8. The van der Waals surface area contributed by atoms with Crippen molar-refractivity contribution in [3.8, 4) is 0 Å². The van der Waals surface area contributed by atoms with Crippen LogP contribution in [0.5, 0.6) is 0 Å². The molecule has 0 saturated heterocycles. The molecule has 0 atom stereocenters. The molecule has 0 N–H and O–H groups in total. The van der Waals surface area contributed by atoms with E-state index in [4.69, 9.17) is 0 Å². The number of benzene rings is 1. The van der Waals surface area contributed by atoms with Gasteiger partial charge in [0.05, 0.1) is 23.9 Å². The zero-order valence-electron chi connectivity index (χ0n) is 15.8. The maximum Gasteiger partial charge on any atom is 0.263 e. The summed E-state index contributed by atoms with van der Waals surface area (Å²) in [5.41, 5.74) is 2.55. The molecule has 4 aromatic heterocycles. The molecule has 0 aliphatic heterocycles. The lowest BCUT2D eigenvalue weighted by molar-refractivity contribution is 0.737. The van der Waals surface area contributed by atoms with Crippen molar-refractivity contribution in [2.45, 2.75) is 13.1 Å². The minimum Gasteiger partial charge on any atom is -0.294 e. The summed E-state index contributed by atoms with van der Waals surface area (Å²) < 4.78 is 3.12. The second kappa shape index (κ2) is 7.32. The van der Waals surface area contributed by atoms with Gasteiger partial charge in [-0.25, -0.2) is 19.9 Å². The first-order valence-corrected chi connectivity index (χ1v) is 9.37. The number of fused-ring (bicyclic) bond motifs is 2. The third kappa shape index (κ3) is 3.24. The van der Waals surface area contributed by atoms with Crippen molar-refractivity contribution in [1.82, 2.24) is 29.1 Å². The van der Waals surface area contributed by atoms with Crippen molar-refractivity contribution in [3.05, 3.63) is 105 Å². The molecule has 0 spiro atoms. The topological polar surface area (TPSA) is 95.6 Å². The number of hydrogen-bond donors (Lipinski definition) is 0. The molecule has 0 saturated carbocycles. The molecule has 0 unspecified atom stereocenters. The molecule has 8 nitrogen and oxygen atoms in total. The molecule has 0 amide bonds. The van der Waals surface area contributed by atoms with Crippen LogP contribution in [-0.4, -0.2) is 29.1 Å². The molecule has 1 aromatic carbocycles. The van der Waals surface area contributed by atoms with E-state index in [1.807, 2.05) is 24.3 Å². The van der Waals surface area contributed by atoms with Crippen LogP contribution >= 0.6 is 0 Å². The maximum absolute atomic E-state index is 12.6. The van der Waals surface area contributed by atoms with Gasteiger partial charge in [-0.05, 0) is 35.4 Å². The van der Waals surface area contributed by atoms with Crippen LogP contribution < -0.4 is 11.1 Å². The average molecular weight is 396 g/mol. The molecule has 5 rings (SSSR count). The lowest BCUT2D eigenvalue weighted by Gasteiger charge is -2.09. The highest BCUT2D eigenvalue weighted by Crippen LogP contribution is 2.09. The second-order valence-electron chi connectivity index (χ2n) is 6.92. The normalized spacial score (nSPS) is 11.2. The van der Waals surface area contributed by atoms with Gasteiger partial charge in [0.1, 0.15) is 12.7 Å². The predicted octanol–water partition coefficient (Wildman–Crippen LogP) is 1.99. The molecule has 0 fully saturated rings. The fourth-order valence-electron chi connectivity index (χ4n) is 3.37. The maximum atomic E-state index is 12.6. The van der Waals surface area contributed by atoms with Crippen LogP contribution in [0, 0.1) is 0 Å². The highest BCUT2D eigenvalue weighted by Gasteiger charge is 2.07. The summed E-state index contributed by atoms with van der Waals surface area (Å²) in [4.78, 5) is 41.9. The molecule has 5 aromatic rings. The van der Waals surface area contributed by atoms with Crippen molar-refractivity contribution >= 4 is 22.1 Å². The first-order chi connectivity index (χ1) is 14.7. The number of hydrogen-bond acceptors (Lipinski definition) is 6. The number of nitrogens with zero attached hydrogens (tertiary/aromatic N) is 6. The van der Waals surface area contributed by atoms with E-state index in [9.17, 15) is 9.59 Å². The fourth-order valence-corrected chi connectivity index (χ4v) is 3.37. The Kier molecular flexibility index (Phi) is 4.36. The van der Waals surface area contributed by atoms with E-state index < -0.39 is 0 Å². The lowest BCUT2D eigenvalue weighted by atomic mass is 10.1. The van der Waals surface area contributed by atoms with Gasteiger partial charge >= 0.3 is 0 Å². The van der Waals surface area contributed by atoms with Crippen molar-refractivity contribution < 1.29 is 0 Å². The number of rotatable bonds is 4. The Morgan fingerprint density at radius 3 is 1.47 bits per heavy atom. The van der Waals surface area contributed by atoms with Crippen LogP contribution in [0.15, 0.2) is 83.2 Å². The van der Waals surface area contributed by atoms with E-state index in [1.165, 1.54) is 12.7 Å². The fraction of sp³-hybridized carbons (Fsp3) is 0.0909. The highest BCUT2D eigenvalue weighted by atomic mass is 16.1. The Hall–Kier alpha value is -4.20. The Morgan fingerprint density at radius 1 is 0.600 bits per heavy atom. The standard InChI is InChI=1S/C22H16N6O2/c29-21-17-3-1-9-23-19(17)25-13-27(21)11-15-5-7-16(8-6-15)12-28-14-26-20-18(22(28)30)4-2-10-24-20/h1-10,13-14H,11-12H2. The Balaban J connectivity index is 1.39. The van der Waals surface area contributed by atoms with Crippen LogP contribution in [0.3, 0.4) is 0 Å². The minimum absolute atomic E-state index is 0.125. The third-order valence-corrected chi connectivity index (χ3v) is 4.92. The molecule has 8 heteroatoms. The van der Waals surface area contributed by atoms with Crippen LogP contribution in [0.2, 0.25) is 0 Å². The summed E-state index contributed by atoms with van der Waals surface area (Å²) >= 11 is 0. The van der Waals surface area contributed by atoms with Gasteiger partial charge in [-0.15, -0.1) is 0 Å². The largest absolute Gasteiger partial charge is 0.294 e. The summed E-state index contributed by atoms with van der Waals surface area (Å²) in [6.45, 7) is 0.806. The van der Waals surface area contributed by atoms with E-state index in [0.29, 0.717) is 35.2 Å². The van der Waals surface area contributed by atoms with Crippen molar-refractivity contribution in [1.29, 1.82) is 0 Å².